The van der Waals surface area contributed by atoms with Gasteiger partial charge in [-0.05, 0) is 17.0 Å². The van der Waals surface area contributed by atoms with Crippen LogP contribution < -0.4 is 0 Å². The molecule has 0 N–H and O–H groups in total. The van der Waals surface area contributed by atoms with Crippen molar-refractivity contribution in [3.8, 4) is 0 Å². The Kier molecular flexibility index (Phi) is 2.33. The summed E-state index contributed by atoms with van der Waals surface area (Å²) in [5.74, 6) is -0.639. The Bertz CT molecular complexity index is 247. The summed E-state index contributed by atoms with van der Waals surface area (Å²) in [6.45, 7) is 6.32. The first-order valence-corrected chi connectivity index (χ1v) is 4.87. The van der Waals surface area contributed by atoms with Gasteiger partial charge in [0, 0.05) is 6.92 Å². The fourth-order valence-corrected chi connectivity index (χ4v) is 1.87. The van der Waals surface area contributed by atoms with Crippen molar-refractivity contribution in [1.82, 2.24) is 0 Å². The molecule has 0 bridgehead atoms. The normalized spacial score (nSPS) is 52.8. The van der Waals surface area contributed by atoms with Crippen LogP contribution in [0.1, 0.15) is 20.8 Å². The average molecular weight is 201 g/mol. The zero-order chi connectivity index (χ0) is 10.3. The van der Waals surface area contributed by atoms with E-state index in [1.54, 1.807) is 0 Å². The Labute approximate surface area is 82.7 Å². The highest BCUT2D eigenvalue weighted by molar-refractivity contribution is 4.86. The highest BCUT2D eigenvalue weighted by Crippen LogP contribution is 2.39. The third-order valence-corrected chi connectivity index (χ3v) is 3.06. The van der Waals surface area contributed by atoms with Gasteiger partial charge in [-0.15, -0.1) is 4.91 Å². The summed E-state index contributed by atoms with van der Waals surface area (Å²) in [5.41, 5.74) is 0. The maximum Gasteiger partial charge on any atom is 0.307 e. The Hall–Kier alpha value is -0.520. The molecule has 0 aromatic rings. The van der Waals surface area contributed by atoms with Gasteiger partial charge in [0.1, 0.15) is 6.10 Å². The molecule has 5 nitrogen and oxygen atoms in total. The van der Waals surface area contributed by atoms with Crippen LogP contribution in [0.3, 0.4) is 0 Å². The van der Waals surface area contributed by atoms with Crippen molar-refractivity contribution in [2.45, 2.75) is 39.1 Å². The van der Waals surface area contributed by atoms with Gasteiger partial charge in [-0.1, -0.05) is 13.8 Å². The molecule has 14 heavy (non-hydrogen) atoms. The summed E-state index contributed by atoms with van der Waals surface area (Å²) in [5, 5.41) is 2.83. The van der Waals surface area contributed by atoms with Crippen molar-refractivity contribution in [3.05, 3.63) is 4.91 Å². The van der Waals surface area contributed by atoms with Crippen LogP contribution in [-0.2, 0) is 14.2 Å². The van der Waals surface area contributed by atoms with Gasteiger partial charge in [0.2, 0.25) is 0 Å². The van der Waals surface area contributed by atoms with E-state index in [9.17, 15) is 4.91 Å². The van der Waals surface area contributed by atoms with Gasteiger partial charge in [0.05, 0.1) is 6.61 Å². The second kappa shape index (κ2) is 3.25. The lowest BCUT2D eigenvalue weighted by Crippen LogP contribution is -2.42. The first kappa shape index (κ1) is 10.0. The standard InChI is InChI=1S/C9H15NO4/c1-5-4-12-8-7(6(5)2)13-9(3,10-11)14-8/h5-8H,4H2,1-3H3. The predicted octanol–water partition coefficient (Wildman–Crippen LogP) is 1.47. The summed E-state index contributed by atoms with van der Waals surface area (Å²) in [7, 11) is 0. The molecule has 0 aromatic heterocycles. The van der Waals surface area contributed by atoms with Crippen molar-refractivity contribution in [1.29, 1.82) is 0 Å². The fourth-order valence-electron chi connectivity index (χ4n) is 1.87. The SMILES string of the molecule is CC1COC2OC(C)(N=O)OC2C1C. The number of rotatable bonds is 1. The maximum absolute atomic E-state index is 10.5. The van der Waals surface area contributed by atoms with E-state index in [0.717, 1.165) is 0 Å². The zero-order valence-electron chi connectivity index (χ0n) is 8.60. The molecule has 2 heterocycles. The third-order valence-electron chi connectivity index (χ3n) is 3.06. The molecule has 2 rings (SSSR count). The average Bonchev–Trinajstić information content (AvgIpc) is 2.51. The van der Waals surface area contributed by atoms with Crippen LogP contribution >= 0.6 is 0 Å². The minimum atomic E-state index is -1.37. The van der Waals surface area contributed by atoms with Gasteiger partial charge in [0.15, 0.2) is 6.29 Å². The largest absolute Gasteiger partial charge is 0.349 e. The number of nitrogens with zero attached hydrogens (tertiary/aromatic N) is 1. The quantitative estimate of drug-likeness (QED) is 0.603. The molecule has 0 aliphatic carbocycles. The van der Waals surface area contributed by atoms with Crippen LogP contribution in [0.2, 0.25) is 0 Å². The number of ether oxygens (including phenoxy) is 3. The molecule has 2 aliphatic heterocycles. The van der Waals surface area contributed by atoms with Crippen LogP contribution in [0.5, 0.6) is 0 Å². The van der Waals surface area contributed by atoms with E-state index >= 15 is 0 Å². The Balaban J connectivity index is 2.13. The number of nitroso groups, excluding NO2 is 1. The fraction of sp³-hybridized carbons (Fsp3) is 1.00. The summed E-state index contributed by atoms with van der Waals surface area (Å²) >= 11 is 0. The maximum atomic E-state index is 10.5. The molecule has 5 unspecified atom stereocenters. The monoisotopic (exact) mass is 201 g/mol. The van der Waals surface area contributed by atoms with E-state index in [0.29, 0.717) is 18.4 Å². The highest BCUT2D eigenvalue weighted by Gasteiger charge is 2.51. The van der Waals surface area contributed by atoms with E-state index in [4.69, 9.17) is 14.2 Å². The first-order valence-electron chi connectivity index (χ1n) is 4.87. The van der Waals surface area contributed by atoms with E-state index in [2.05, 4.69) is 19.0 Å². The summed E-state index contributed by atoms with van der Waals surface area (Å²) in [6.07, 6.45) is -0.620. The number of hydrogen-bond acceptors (Lipinski definition) is 5. The lowest BCUT2D eigenvalue weighted by atomic mass is 9.89. The van der Waals surface area contributed by atoms with Gasteiger partial charge in [-0.3, -0.25) is 4.74 Å². The van der Waals surface area contributed by atoms with Crippen LogP contribution in [0.4, 0.5) is 0 Å². The Morgan fingerprint density at radius 1 is 1.36 bits per heavy atom. The molecule has 0 amide bonds. The van der Waals surface area contributed by atoms with E-state index in [-0.39, 0.29) is 6.10 Å². The lowest BCUT2D eigenvalue weighted by molar-refractivity contribution is -0.202. The van der Waals surface area contributed by atoms with Crippen LogP contribution in [0, 0.1) is 16.7 Å². The Morgan fingerprint density at radius 2 is 2.07 bits per heavy atom. The van der Waals surface area contributed by atoms with Gasteiger partial charge < -0.3 is 9.47 Å². The second-order valence-electron chi connectivity index (χ2n) is 4.23. The van der Waals surface area contributed by atoms with Crippen LogP contribution in [0.15, 0.2) is 5.18 Å². The van der Waals surface area contributed by atoms with Gasteiger partial charge in [-0.25, -0.2) is 0 Å². The molecule has 80 valence electrons. The molecule has 5 atom stereocenters. The molecule has 2 aliphatic rings. The summed E-state index contributed by atoms with van der Waals surface area (Å²) in [4.78, 5) is 10.5. The first-order chi connectivity index (χ1) is 6.56. The van der Waals surface area contributed by atoms with Gasteiger partial charge in [-0.2, -0.15) is 0 Å². The topological polar surface area (TPSA) is 57.1 Å². The van der Waals surface area contributed by atoms with Crippen molar-refractivity contribution in [3.63, 3.8) is 0 Å². The van der Waals surface area contributed by atoms with E-state index in [1.807, 2.05) is 0 Å². The van der Waals surface area contributed by atoms with Gasteiger partial charge >= 0.3 is 5.91 Å². The third kappa shape index (κ3) is 1.45. The highest BCUT2D eigenvalue weighted by atomic mass is 16.8. The zero-order valence-corrected chi connectivity index (χ0v) is 8.60. The minimum absolute atomic E-state index is 0.179. The lowest BCUT2D eigenvalue weighted by Gasteiger charge is -2.33. The molecular weight excluding hydrogens is 186 g/mol. The number of fused-ring (bicyclic) bond motifs is 1. The molecule has 2 fully saturated rings. The van der Waals surface area contributed by atoms with Crippen molar-refractivity contribution in [2.24, 2.45) is 17.0 Å². The minimum Gasteiger partial charge on any atom is -0.349 e. The van der Waals surface area contributed by atoms with E-state index in [1.165, 1.54) is 6.92 Å². The summed E-state index contributed by atoms with van der Waals surface area (Å²) < 4.78 is 16.2. The smallest absolute Gasteiger partial charge is 0.307 e. The molecular formula is C9H15NO4. The van der Waals surface area contributed by atoms with Crippen LogP contribution in [-0.4, -0.2) is 24.9 Å². The molecule has 0 spiro atoms. The molecule has 2 saturated heterocycles. The predicted molar refractivity (Wildman–Crippen MR) is 48.2 cm³/mol. The van der Waals surface area contributed by atoms with E-state index < -0.39 is 12.2 Å². The molecule has 0 saturated carbocycles. The van der Waals surface area contributed by atoms with Crippen molar-refractivity contribution >= 4 is 0 Å². The van der Waals surface area contributed by atoms with Crippen molar-refractivity contribution in [2.75, 3.05) is 6.61 Å². The van der Waals surface area contributed by atoms with Gasteiger partial charge in [0.25, 0.3) is 0 Å². The summed E-state index contributed by atoms with van der Waals surface area (Å²) in [6, 6.07) is 0. The molecule has 5 heteroatoms. The second-order valence-corrected chi connectivity index (χ2v) is 4.23. The van der Waals surface area contributed by atoms with Crippen LogP contribution in [0.25, 0.3) is 0 Å². The molecule has 0 aromatic carbocycles. The van der Waals surface area contributed by atoms with Crippen molar-refractivity contribution < 1.29 is 14.2 Å². The number of hydrogen-bond donors (Lipinski definition) is 0. The molecule has 0 radical (unpaired) electrons. The Morgan fingerprint density at radius 3 is 2.71 bits per heavy atom.